The molecule has 0 aliphatic heterocycles. The minimum absolute atomic E-state index is 0.115. The number of hydrogen-bond acceptors (Lipinski definition) is 4. The van der Waals surface area contributed by atoms with E-state index in [4.69, 9.17) is 6.42 Å². The van der Waals surface area contributed by atoms with E-state index in [2.05, 4.69) is 15.5 Å². The molecule has 80 valence electrons. The van der Waals surface area contributed by atoms with E-state index in [1.165, 1.54) is 11.5 Å². The van der Waals surface area contributed by atoms with Crippen molar-refractivity contribution in [2.75, 3.05) is 0 Å². The monoisotopic (exact) mass is 222 g/mol. The lowest BCUT2D eigenvalue weighted by atomic mass is 10.1. The van der Waals surface area contributed by atoms with E-state index in [0.717, 1.165) is 12.1 Å². The molecule has 0 saturated heterocycles. The Labute approximate surface area is 94.1 Å². The Morgan fingerprint density at radius 2 is 2.33 bits per heavy atom. The number of carbonyl (C=O) groups excluding carboxylic acids is 1. The van der Waals surface area contributed by atoms with Crippen LogP contribution in [-0.2, 0) is 0 Å². The minimum Gasteiger partial charge on any atom is -0.293 e. The van der Waals surface area contributed by atoms with E-state index in [-0.39, 0.29) is 11.7 Å². The van der Waals surface area contributed by atoms with Crippen molar-refractivity contribution in [1.29, 1.82) is 0 Å². The standard InChI is InChI=1S/C11H14N2OS/c1-4-5-6-7-9(14)11-10(8(2)3)12-13-15-11/h1,8H,5-7H2,2-3H3. The fourth-order valence-corrected chi connectivity index (χ4v) is 2.02. The highest BCUT2D eigenvalue weighted by Gasteiger charge is 2.17. The van der Waals surface area contributed by atoms with E-state index in [1.54, 1.807) is 0 Å². The number of aromatic nitrogens is 2. The van der Waals surface area contributed by atoms with Crippen molar-refractivity contribution < 1.29 is 4.79 Å². The number of terminal acetylenes is 1. The molecule has 0 atom stereocenters. The Bertz CT molecular complexity index is 376. The fourth-order valence-electron chi connectivity index (χ4n) is 1.23. The quantitative estimate of drug-likeness (QED) is 0.437. The largest absolute Gasteiger partial charge is 0.293 e. The summed E-state index contributed by atoms with van der Waals surface area (Å²) >= 11 is 1.18. The molecule has 4 heteroatoms. The Hall–Kier alpha value is -1.21. The van der Waals surface area contributed by atoms with Crippen LogP contribution in [0.5, 0.6) is 0 Å². The first-order valence-electron chi connectivity index (χ1n) is 4.95. The molecule has 1 rings (SSSR count). The lowest BCUT2D eigenvalue weighted by Gasteiger charge is -2.02. The van der Waals surface area contributed by atoms with Crippen LogP contribution < -0.4 is 0 Å². The predicted octanol–water partition coefficient (Wildman–Crippen LogP) is 2.65. The zero-order valence-electron chi connectivity index (χ0n) is 8.99. The van der Waals surface area contributed by atoms with E-state index in [9.17, 15) is 4.79 Å². The average Bonchev–Trinajstić information content (AvgIpc) is 2.66. The number of hydrogen-bond donors (Lipinski definition) is 0. The van der Waals surface area contributed by atoms with Gasteiger partial charge in [0.2, 0.25) is 0 Å². The number of ketones is 1. The van der Waals surface area contributed by atoms with Crippen molar-refractivity contribution in [1.82, 2.24) is 9.59 Å². The summed E-state index contributed by atoms with van der Waals surface area (Å²) in [6, 6.07) is 0. The number of rotatable bonds is 5. The summed E-state index contributed by atoms with van der Waals surface area (Å²) in [5, 5.41) is 3.97. The molecule has 15 heavy (non-hydrogen) atoms. The molecule has 0 aliphatic carbocycles. The van der Waals surface area contributed by atoms with Crippen molar-refractivity contribution in [3.05, 3.63) is 10.6 Å². The molecule has 0 radical (unpaired) electrons. The van der Waals surface area contributed by atoms with Gasteiger partial charge in [-0.05, 0) is 23.9 Å². The number of carbonyl (C=O) groups is 1. The highest BCUT2D eigenvalue weighted by atomic mass is 32.1. The van der Waals surface area contributed by atoms with Gasteiger partial charge in [-0.1, -0.05) is 18.3 Å². The predicted molar refractivity (Wildman–Crippen MR) is 61.0 cm³/mol. The molecule has 0 unspecified atom stereocenters. The molecule has 0 spiro atoms. The summed E-state index contributed by atoms with van der Waals surface area (Å²) in [5.74, 6) is 2.89. The second-order valence-electron chi connectivity index (χ2n) is 3.62. The molecule has 0 aliphatic rings. The van der Waals surface area contributed by atoms with Crippen molar-refractivity contribution in [2.24, 2.45) is 0 Å². The lowest BCUT2D eigenvalue weighted by molar-refractivity contribution is 0.0983. The molecule has 0 bridgehead atoms. The summed E-state index contributed by atoms with van der Waals surface area (Å²) in [6.07, 6.45) is 7.01. The van der Waals surface area contributed by atoms with Crippen molar-refractivity contribution in [3.8, 4) is 12.3 Å². The van der Waals surface area contributed by atoms with Gasteiger partial charge in [-0.15, -0.1) is 17.4 Å². The average molecular weight is 222 g/mol. The normalized spacial score (nSPS) is 10.3. The smallest absolute Gasteiger partial charge is 0.176 e. The lowest BCUT2D eigenvalue weighted by Crippen LogP contribution is -2.02. The number of unbranched alkanes of at least 4 members (excludes halogenated alkanes) is 1. The molecule has 0 aromatic carbocycles. The van der Waals surface area contributed by atoms with Crippen molar-refractivity contribution >= 4 is 17.3 Å². The molecule has 1 aromatic heterocycles. The Morgan fingerprint density at radius 1 is 1.60 bits per heavy atom. The van der Waals surface area contributed by atoms with Gasteiger partial charge < -0.3 is 0 Å². The molecular formula is C11H14N2OS. The van der Waals surface area contributed by atoms with Crippen LogP contribution in [0.2, 0.25) is 0 Å². The summed E-state index contributed by atoms with van der Waals surface area (Å²) in [6.45, 7) is 4.02. The van der Waals surface area contributed by atoms with Gasteiger partial charge in [0.05, 0.1) is 5.69 Å². The summed E-state index contributed by atoms with van der Waals surface area (Å²) in [4.78, 5) is 12.5. The summed E-state index contributed by atoms with van der Waals surface area (Å²) in [5.41, 5.74) is 0.811. The van der Waals surface area contributed by atoms with Crippen LogP contribution in [-0.4, -0.2) is 15.4 Å². The summed E-state index contributed by atoms with van der Waals surface area (Å²) in [7, 11) is 0. The van der Waals surface area contributed by atoms with Crippen molar-refractivity contribution in [2.45, 2.75) is 39.0 Å². The Kier molecular flexibility index (Phi) is 4.44. The SMILES string of the molecule is C#CCCCC(=O)c1snnc1C(C)C. The van der Waals surface area contributed by atoms with Crippen LogP contribution in [0, 0.1) is 12.3 Å². The van der Waals surface area contributed by atoms with Crippen LogP contribution in [0.1, 0.15) is 54.4 Å². The molecule has 1 aromatic rings. The highest BCUT2D eigenvalue weighted by molar-refractivity contribution is 7.08. The van der Waals surface area contributed by atoms with Gasteiger partial charge in [0, 0.05) is 12.8 Å². The van der Waals surface area contributed by atoms with Gasteiger partial charge in [-0.3, -0.25) is 4.79 Å². The fraction of sp³-hybridized carbons (Fsp3) is 0.545. The maximum Gasteiger partial charge on any atom is 0.176 e. The highest BCUT2D eigenvalue weighted by Crippen LogP contribution is 2.21. The zero-order valence-corrected chi connectivity index (χ0v) is 9.80. The summed E-state index contributed by atoms with van der Waals surface area (Å²) < 4.78 is 3.82. The third-order valence-corrected chi connectivity index (χ3v) is 2.82. The van der Waals surface area contributed by atoms with Crippen molar-refractivity contribution in [3.63, 3.8) is 0 Å². The first-order chi connectivity index (χ1) is 7.16. The van der Waals surface area contributed by atoms with E-state index >= 15 is 0 Å². The second kappa shape index (κ2) is 5.62. The molecular weight excluding hydrogens is 208 g/mol. The topological polar surface area (TPSA) is 42.9 Å². The van der Waals surface area contributed by atoms with Gasteiger partial charge in [0.25, 0.3) is 0 Å². The third kappa shape index (κ3) is 3.14. The van der Waals surface area contributed by atoms with E-state index in [0.29, 0.717) is 17.7 Å². The van der Waals surface area contributed by atoms with Gasteiger partial charge in [0.15, 0.2) is 5.78 Å². The maximum absolute atomic E-state index is 11.8. The van der Waals surface area contributed by atoms with Crippen LogP contribution in [0.3, 0.4) is 0 Å². The Morgan fingerprint density at radius 3 is 2.93 bits per heavy atom. The molecule has 1 heterocycles. The first-order valence-corrected chi connectivity index (χ1v) is 5.73. The van der Waals surface area contributed by atoms with Crippen LogP contribution in [0.25, 0.3) is 0 Å². The number of Topliss-reactive ketones (excluding diaryl/α,β-unsaturated/α-hetero) is 1. The maximum atomic E-state index is 11.8. The molecule has 0 fully saturated rings. The van der Waals surface area contributed by atoms with Crippen LogP contribution >= 0.6 is 11.5 Å². The number of nitrogens with zero attached hydrogens (tertiary/aromatic N) is 2. The molecule has 0 amide bonds. The minimum atomic E-state index is 0.115. The van der Waals surface area contributed by atoms with E-state index < -0.39 is 0 Å². The first kappa shape index (κ1) is 11.9. The molecule has 0 N–H and O–H groups in total. The van der Waals surface area contributed by atoms with Crippen LogP contribution in [0.15, 0.2) is 0 Å². The second-order valence-corrected chi connectivity index (χ2v) is 4.38. The third-order valence-electron chi connectivity index (χ3n) is 2.04. The molecule has 0 saturated carbocycles. The van der Waals surface area contributed by atoms with E-state index in [1.807, 2.05) is 13.8 Å². The zero-order chi connectivity index (χ0) is 11.3. The van der Waals surface area contributed by atoms with Gasteiger partial charge in [-0.2, -0.15) is 0 Å². The van der Waals surface area contributed by atoms with Gasteiger partial charge in [-0.25, -0.2) is 0 Å². The van der Waals surface area contributed by atoms with Gasteiger partial charge >= 0.3 is 0 Å². The Balaban J connectivity index is 2.66. The molecule has 3 nitrogen and oxygen atoms in total. The van der Waals surface area contributed by atoms with Crippen LogP contribution in [0.4, 0.5) is 0 Å². The van der Waals surface area contributed by atoms with Gasteiger partial charge in [0.1, 0.15) is 4.88 Å².